The molecule has 0 aliphatic heterocycles. The summed E-state index contributed by atoms with van der Waals surface area (Å²) in [4.78, 5) is 3.73. The summed E-state index contributed by atoms with van der Waals surface area (Å²) >= 11 is 0. The van der Waals surface area contributed by atoms with E-state index in [1.807, 2.05) is 6.92 Å². The molecule has 1 aromatic heterocycles. The Bertz CT molecular complexity index is 168. The van der Waals surface area contributed by atoms with Gasteiger partial charge >= 0.3 is 0 Å². The average Bonchev–Trinajstić information content (AvgIpc) is 1.64. The van der Waals surface area contributed by atoms with Crippen LogP contribution in [0, 0.1) is 6.92 Å². The van der Waals surface area contributed by atoms with Crippen molar-refractivity contribution in [1.82, 2.24) is 4.98 Å². The second-order valence-corrected chi connectivity index (χ2v) is 1.72. The fraction of sp³-hybridized carbons (Fsp3) is 0.167. The van der Waals surface area contributed by atoms with E-state index in [9.17, 15) is 0 Å². The van der Waals surface area contributed by atoms with Crippen molar-refractivity contribution in [1.29, 1.82) is 0 Å². The zero-order valence-corrected chi connectivity index (χ0v) is 4.63. The number of aromatic hydroxyl groups is 1. The predicted molar refractivity (Wildman–Crippen MR) is 30.6 cm³/mol. The van der Waals surface area contributed by atoms with E-state index < -0.39 is 0 Å². The quantitative estimate of drug-likeness (QED) is 0.541. The molecule has 8 heavy (non-hydrogen) atoms. The van der Waals surface area contributed by atoms with Crippen LogP contribution in [0.4, 0.5) is 0 Å². The number of hydrogen-bond acceptors (Lipinski definition) is 2. The summed E-state index contributed by atoms with van der Waals surface area (Å²) in [6.07, 6.45) is 3.10. The molecule has 0 fully saturated rings. The number of hydrogen-bond donors (Lipinski definition) is 1. The summed E-state index contributed by atoms with van der Waals surface area (Å²) in [6, 6.07) is 1.66. The number of aryl methyl sites for hydroxylation is 1. The lowest BCUT2D eigenvalue weighted by molar-refractivity contribution is 0.472. The molecule has 0 unspecified atom stereocenters. The summed E-state index contributed by atoms with van der Waals surface area (Å²) in [5.41, 5.74) is 0.977. The van der Waals surface area contributed by atoms with Gasteiger partial charge in [-0.1, -0.05) is 0 Å². The molecule has 0 aromatic carbocycles. The third kappa shape index (κ3) is 0.964. The van der Waals surface area contributed by atoms with Gasteiger partial charge in [-0.05, 0) is 18.6 Å². The lowest BCUT2D eigenvalue weighted by Crippen LogP contribution is -1.72. The summed E-state index contributed by atoms with van der Waals surface area (Å²) in [6.45, 7) is 1.88. The standard InChI is InChI=1S/C6H7NO/c1-5-2-6(8)4-7-3-5/h2-4,8H,1H3. The number of rotatable bonds is 0. The van der Waals surface area contributed by atoms with Crippen LogP contribution < -0.4 is 0 Å². The fourth-order valence-corrected chi connectivity index (χ4v) is 0.539. The molecular weight excluding hydrogens is 102 g/mol. The van der Waals surface area contributed by atoms with Gasteiger partial charge in [0.05, 0.1) is 6.20 Å². The monoisotopic (exact) mass is 109 g/mol. The van der Waals surface area contributed by atoms with Crippen LogP contribution in [0.2, 0.25) is 0 Å². The first-order valence-corrected chi connectivity index (χ1v) is 2.39. The Balaban J connectivity index is 3.08. The lowest BCUT2D eigenvalue weighted by atomic mass is 10.3. The molecule has 2 nitrogen and oxygen atoms in total. The molecule has 0 spiro atoms. The molecule has 1 rings (SSSR count). The third-order valence-corrected chi connectivity index (χ3v) is 0.861. The summed E-state index contributed by atoms with van der Waals surface area (Å²) in [7, 11) is 0. The maximum Gasteiger partial charge on any atom is 0.134 e. The van der Waals surface area contributed by atoms with Gasteiger partial charge in [-0.2, -0.15) is 0 Å². The van der Waals surface area contributed by atoms with Crippen LogP contribution in [-0.2, 0) is 0 Å². The normalized spacial score (nSPS) is 9.12. The van der Waals surface area contributed by atoms with Crippen molar-refractivity contribution in [2.24, 2.45) is 0 Å². The van der Waals surface area contributed by atoms with Crippen LogP contribution in [0.15, 0.2) is 18.5 Å². The van der Waals surface area contributed by atoms with E-state index in [4.69, 9.17) is 5.11 Å². The van der Waals surface area contributed by atoms with Gasteiger partial charge in [-0.25, -0.2) is 0 Å². The predicted octanol–water partition coefficient (Wildman–Crippen LogP) is 1.10. The number of aromatic nitrogens is 1. The van der Waals surface area contributed by atoms with E-state index in [1.165, 1.54) is 6.20 Å². The minimum absolute atomic E-state index is 0.227. The van der Waals surface area contributed by atoms with Crippen LogP contribution >= 0.6 is 0 Å². The Hall–Kier alpha value is -1.05. The first-order valence-electron chi connectivity index (χ1n) is 2.39. The van der Waals surface area contributed by atoms with Gasteiger partial charge < -0.3 is 5.11 Å². The van der Waals surface area contributed by atoms with Gasteiger partial charge in [0.15, 0.2) is 0 Å². The summed E-state index contributed by atoms with van der Waals surface area (Å²) < 4.78 is 0. The highest BCUT2D eigenvalue weighted by Crippen LogP contribution is 2.05. The van der Waals surface area contributed by atoms with Crippen LogP contribution in [0.1, 0.15) is 5.56 Å². The van der Waals surface area contributed by atoms with Crippen LogP contribution in [0.25, 0.3) is 0 Å². The molecule has 0 atom stereocenters. The lowest BCUT2D eigenvalue weighted by Gasteiger charge is -1.89. The fourth-order valence-electron chi connectivity index (χ4n) is 0.539. The first kappa shape index (κ1) is 5.09. The molecule has 1 N–H and O–H groups in total. The van der Waals surface area contributed by atoms with E-state index in [2.05, 4.69) is 4.98 Å². The van der Waals surface area contributed by atoms with E-state index in [1.54, 1.807) is 12.3 Å². The summed E-state index contributed by atoms with van der Waals surface area (Å²) in [5, 5.41) is 8.75. The van der Waals surface area contributed by atoms with Crippen molar-refractivity contribution in [2.75, 3.05) is 0 Å². The zero-order chi connectivity index (χ0) is 5.98. The van der Waals surface area contributed by atoms with Gasteiger partial charge in [-0.3, -0.25) is 4.98 Å². The zero-order valence-electron chi connectivity index (χ0n) is 4.63. The summed E-state index contributed by atoms with van der Waals surface area (Å²) in [5.74, 6) is 0.227. The van der Waals surface area contributed by atoms with Crippen LogP contribution in [-0.4, -0.2) is 10.1 Å². The van der Waals surface area contributed by atoms with E-state index in [0.717, 1.165) is 5.56 Å². The Kier molecular flexibility index (Phi) is 1.16. The number of pyridine rings is 1. The Labute approximate surface area is 47.8 Å². The SMILES string of the molecule is Cc1cncc(O)c1. The molecule has 0 bridgehead atoms. The molecular formula is C6H7NO. The minimum Gasteiger partial charge on any atom is -0.506 e. The van der Waals surface area contributed by atoms with Gasteiger partial charge in [0.2, 0.25) is 0 Å². The Morgan fingerprint density at radius 3 is 2.62 bits per heavy atom. The molecule has 0 aliphatic carbocycles. The maximum atomic E-state index is 8.75. The minimum atomic E-state index is 0.227. The average molecular weight is 109 g/mol. The molecule has 0 amide bonds. The largest absolute Gasteiger partial charge is 0.506 e. The van der Waals surface area contributed by atoms with Gasteiger partial charge in [0.1, 0.15) is 5.75 Å². The van der Waals surface area contributed by atoms with Crippen molar-refractivity contribution in [3.8, 4) is 5.75 Å². The second kappa shape index (κ2) is 1.82. The third-order valence-electron chi connectivity index (χ3n) is 0.861. The molecule has 1 aromatic rings. The Morgan fingerprint density at radius 1 is 1.50 bits per heavy atom. The second-order valence-electron chi connectivity index (χ2n) is 1.72. The molecule has 0 saturated heterocycles. The first-order chi connectivity index (χ1) is 3.79. The van der Waals surface area contributed by atoms with E-state index >= 15 is 0 Å². The van der Waals surface area contributed by atoms with Gasteiger partial charge in [-0.15, -0.1) is 0 Å². The highest BCUT2D eigenvalue weighted by molar-refractivity contribution is 5.20. The molecule has 0 saturated carbocycles. The van der Waals surface area contributed by atoms with Crippen LogP contribution in [0.3, 0.4) is 0 Å². The van der Waals surface area contributed by atoms with E-state index in [0.29, 0.717) is 0 Å². The van der Waals surface area contributed by atoms with Crippen molar-refractivity contribution >= 4 is 0 Å². The van der Waals surface area contributed by atoms with Crippen molar-refractivity contribution < 1.29 is 5.11 Å². The molecule has 1 heterocycles. The molecule has 0 aliphatic rings. The maximum absolute atomic E-state index is 8.75. The van der Waals surface area contributed by atoms with Gasteiger partial charge in [0, 0.05) is 6.20 Å². The van der Waals surface area contributed by atoms with E-state index in [-0.39, 0.29) is 5.75 Å². The molecule has 0 radical (unpaired) electrons. The van der Waals surface area contributed by atoms with Crippen LogP contribution in [0.5, 0.6) is 5.75 Å². The highest BCUT2D eigenvalue weighted by atomic mass is 16.3. The highest BCUT2D eigenvalue weighted by Gasteiger charge is 1.84. The Morgan fingerprint density at radius 2 is 2.25 bits per heavy atom. The van der Waals surface area contributed by atoms with Crippen molar-refractivity contribution in [3.63, 3.8) is 0 Å². The van der Waals surface area contributed by atoms with Crippen molar-refractivity contribution in [2.45, 2.75) is 6.92 Å². The molecule has 42 valence electrons. The van der Waals surface area contributed by atoms with Crippen molar-refractivity contribution in [3.05, 3.63) is 24.0 Å². The number of nitrogens with zero attached hydrogens (tertiary/aromatic N) is 1. The van der Waals surface area contributed by atoms with Gasteiger partial charge in [0.25, 0.3) is 0 Å². The smallest absolute Gasteiger partial charge is 0.134 e. The molecule has 2 heteroatoms. The topological polar surface area (TPSA) is 33.1 Å².